The Hall–Kier alpha value is -2.61. The Morgan fingerprint density at radius 3 is 2.31 bits per heavy atom. The number of carbonyl (C=O) groups is 1. The number of alkyl halides is 3. The molecule has 1 aliphatic heterocycles. The summed E-state index contributed by atoms with van der Waals surface area (Å²) in [6.45, 7) is 3.05. The van der Waals surface area contributed by atoms with Crippen LogP contribution in [0.25, 0.3) is 0 Å². The third kappa shape index (κ3) is 4.72. The first-order valence-corrected chi connectivity index (χ1v) is 8.18. The average molecular weight is 365 g/mol. The third-order valence-electron chi connectivity index (χ3n) is 4.13. The number of halogens is 3. The quantitative estimate of drug-likeness (QED) is 0.836. The minimum absolute atomic E-state index is 0.0962. The van der Waals surface area contributed by atoms with Crippen LogP contribution in [0.2, 0.25) is 0 Å². The summed E-state index contributed by atoms with van der Waals surface area (Å²) < 4.78 is 42.8. The lowest BCUT2D eigenvalue weighted by molar-refractivity contribution is -0.137. The number of pyridine rings is 1. The lowest BCUT2D eigenvalue weighted by Crippen LogP contribution is -2.49. The van der Waals surface area contributed by atoms with Gasteiger partial charge in [0.05, 0.1) is 11.3 Å². The van der Waals surface area contributed by atoms with Crippen molar-refractivity contribution in [3.8, 4) is 5.75 Å². The minimum Gasteiger partial charge on any atom is -0.410 e. The zero-order valence-electron chi connectivity index (χ0n) is 13.9. The maximum Gasteiger partial charge on any atom is 0.416 e. The van der Waals surface area contributed by atoms with E-state index in [1.165, 1.54) is 0 Å². The first-order valence-electron chi connectivity index (χ1n) is 8.18. The van der Waals surface area contributed by atoms with Gasteiger partial charge in [0.25, 0.3) is 0 Å². The van der Waals surface area contributed by atoms with Gasteiger partial charge >= 0.3 is 12.3 Å². The molecule has 5 nitrogen and oxygen atoms in total. The number of hydrogen-bond acceptors (Lipinski definition) is 4. The molecule has 3 rings (SSSR count). The van der Waals surface area contributed by atoms with E-state index in [1.807, 2.05) is 18.2 Å². The molecule has 1 amide bonds. The van der Waals surface area contributed by atoms with Crippen molar-refractivity contribution in [2.45, 2.75) is 12.7 Å². The molecule has 2 heterocycles. The Balaban J connectivity index is 1.49. The van der Waals surface area contributed by atoms with E-state index in [0.29, 0.717) is 32.7 Å². The summed E-state index contributed by atoms with van der Waals surface area (Å²) >= 11 is 0. The zero-order chi connectivity index (χ0) is 18.6. The van der Waals surface area contributed by atoms with Gasteiger partial charge in [-0.1, -0.05) is 6.07 Å². The van der Waals surface area contributed by atoms with E-state index in [4.69, 9.17) is 4.74 Å². The number of benzene rings is 1. The number of amides is 1. The maximum absolute atomic E-state index is 12.5. The van der Waals surface area contributed by atoms with Crippen molar-refractivity contribution < 1.29 is 22.7 Å². The molecule has 1 aromatic carbocycles. The molecule has 1 aliphatic rings. The number of piperazine rings is 1. The van der Waals surface area contributed by atoms with Crippen LogP contribution in [0.15, 0.2) is 48.7 Å². The average Bonchev–Trinajstić information content (AvgIpc) is 2.63. The lowest BCUT2D eigenvalue weighted by Gasteiger charge is -2.33. The van der Waals surface area contributed by atoms with Crippen LogP contribution in [0, 0.1) is 0 Å². The van der Waals surface area contributed by atoms with Crippen molar-refractivity contribution in [1.29, 1.82) is 0 Å². The van der Waals surface area contributed by atoms with E-state index in [1.54, 1.807) is 11.1 Å². The molecule has 138 valence electrons. The molecule has 0 atom stereocenters. The number of aromatic nitrogens is 1. The molecule has 1 saturated heterocycles. The van der Waals surface area contributed by atoms with Crippen LogP contribution in [0.3, 0.4) is 0 Å². The summed E-state index contributed by atoms with van der Waals surface area (Å²) in [7, 11) is 0. The predicted molar refractivity (Wildman–Crippen MR) is 88.6 cm³/mol. The van der Waals surface area contributed by atoms with E-state index in [-0.39, 0.29) is 5.75 Å². The number of nitrogens with zero attached hydrogens (tertiary/aromatic N) is 3. The summed E-state index contributed by atoms with van der Waals surface area (Å²) in [6.07, 6.45) is -3.22. The van der Waals surface area contributed by atoms with Crippen molar-refractivity contribution in [2.75, 3.05) is 26.2 Å². The maximum atomic E-state index is 12.5. The first-order chi connectivity index (χ1) is 12.4. The molecule has 0 bridgehead atoms. The number of rotatable bonds is 3. The van der Waals surface area contributed by atoms with E-state index < -0.39 is 17.8 Å². The number of ether oxygens (including phenoxy) is 1. The molecule has 0 aliphatic carbocycles. The Morgan fingerprint density at radius 2 is 1.73 bits per heavy atom. The van der Waals surface area contributed by atoms with Crippen molar-refractivity contribution in [3.63, 3.8) is 0 Å². The summed E-state index contributed by atoms with van der Waals surface area (Å²) in [6, 6.07) is 9.83. The monoisotopic (exact) mass is 365 g/mol. The van der Waals surface area contributed by atoms with Crippen molar-refractivity contribution in [2.24, 2.45) is 0 Å². The van der Waals surface area contributed by atoms with Gasteiger partial charge in [0.2, 0.25) is 0 Å². The van der Waals surface area contributed by atoms with Gasteiger partial charge in [0, 0.05) is 38.9 Å². The summed E-state index contributed by atoms with van der Waals surface area (Å²) in [5.74, 6) is 0.0962. The second-order valence-electron chi connectivity index (χ2n) is 5.97. The molecule has 26 heavy (non-hydrogen) atoms. The van der Waals surface area contributed by atoms with Crippen LogP contribution >= 0.6 is 0 Å². The highest BCUT2D eigenvalue weighted by atomic mass is 19.4. The summed E-state index contributed by atoms with van der Waals surface area (Å²) in [4.78, 5) is 20.2. The molecule has 0 spiro atoms. The van der Waals surface area contributed by atoms with Crippen LogP contribution in [-0.4, -0.2) is 47.1 Å². The second-order valence-corrected chi connectivity index (χ2v) is 5.97. The largest absolute Gasteiger partial charge is 0.416 e. The number of carbonyl (C=O) groups excluding carboxylic acids is 1. The van der Waals surface area contributed by atoms with Gasteiger partial charge in [-0.05, 0) is 36.4 Å². The van der Waals surface area contributed by atoms with E-state index in [0.717, 1.165) is 30.0 Å². The minimum atomic E-state index is -4.41. The van der Waals surface area contributed by atoms with E-state index in [9.17, 15) is 18.0 Å². The standard InChI is InChI=1S/C18H18F3N3O2/c19-18(20,21)14-4-6-16(7-5-14)26-17(25)24-11-9-23(10-12-24)13-15-3-1-2-8-22-15/h1-8H,9-13H2. The Bertz CT molecular complexity index is 728. The lowest BCUT2D eigenvalue weighted by atomic mass is 10.2. The highest BCUT2D eigenvalue weighted by Crippen LogP contribution is 2.30. The molecule has 1 aromatic heterocycles. The molecule has 0 saturated carbocycles. The van der Waals surface area contributed by atoms with Gasteiger partial charge in [-0.3, -0.25) is 9.88 Å². The van der Waals surface area contributed by atoms with Gasteiger partial charge in [0.15, 0.2) is 0 Å². The fraction of sp³-hybridized carbons (Fsp3) is 0.333. The van der Waals surface area contributed by atoms with Gasteiger partial charge in [-0.25, -0.2) is 4.79 Å². The predicted octanol–water partition coefficient (Wildman–Crippen LogP) is 3.42. The Morgan fingerprint density at radius 1 is 1.04 bits per heavy atom. The van der Waals surface area contributed by atoms with Crippen LogP contribution < -0.4 is 4.74 Å². The van der Waals surface area contributed by atoms with Crippen LogP contribution in [-0.2, 0) is 12.7 Å². The fourth-order valence-electron chi connectivity index (χ4n) is 2.69. The fourth-order valence-corrected chi connectivity index (χ4v) is 2.69. The molecule has 0 radical (unpaired) electrons. The molecule has 0 N–H and O–H groups in total. The first kappa shape index (κ1) is 18.2. The molecular weight excluding hydrogens is 347 g/mol. The highest BCUT2D eigenvalue weighted by Gasteiger charge is 2.30. The molecule has 1 fully saturated rings. The van der Waals surface area contributed by atoms with Crippen LogP contribution in [0.5, 0.6) is 5.75 Å². The molecular formula is C18H18F3N3O2. The van der Waals surface area contributed by atoms with Gasteiger partial charge in [0.1, 0.15) is 5.75 Å². The van der Waals surface area contributed by atoms with Gasteiger partial charge < -0.3 is 9.64 Å². The Labute approximate surface area is 149 Å². The second kappa shape index (κ2) is 7.74. The molecule has 8 heteroatoms. The molecule has 2 aromatic rings. The zero-order valence-corrected chi connectivity index (χ0v) is 13.9. The third-order valence-corrected chi connectivity index (χ3v) is 4.13. The normalized spacial score (nSPS) is 15.7. The number of hydrogen-bond donors (Lipinski definition) is 0. The topological polar surface area (TPSA) is 45.7 Å². The van der Waals surface area contributed by atoms with E-state index in [2.05, 4.69) is 9.88 Å². The van der Waals surface area contributed by atoms with Crippen molar-refractivity contribution in [1.82, 2.24) is 14.8 Å². The highest BCUT2D eigenvalue weighted by molar-refractivity contribution is 5.70. The van der Waals surface area contributed by atoms with E-state index >= 15 is 0 Å². The Kier molecular flexibility index (Phi) is 5.41. The summed E-state index contributed by atoms with van der Waals surface area (Å²) in [5, 5.41) is 0. The van der Waals surface area contributed by atoms with Gasteiger partial charge in [-0.2, -0.15) is 13.2 Å². The SMILES string of the molecule is O=C(Oc1ccc(C(F)(F)F)cc1)N1CCN(Cc2ccccn2)CC1. The van der Waals surface area contributed by atoms with Crippen molar-refractivity contribution >= 4 is 6.09 Å². The van der Waals surface area contributed by atoms with Gasteiger partial charge in [-0.15, -0.1) is 0 Å². The smallest absolute Gasteiger partial charge is 0.410 e. The van der Waals surface area contributed by atoms with Crippen molar-refractivity contribution in [3.05, 3.63) is 59.9 Å². The summed E-state index contributed by atoms with van der Waals surface area (Å²) in [5.41, 5.74) is 0.189. The van der Waals surface area contributed by atoms with Crippen LogP contribution in [0.1, 0.15) is 11.3 Å². The molecule has 0 unspecified atom stereocenters. The van der Waals surface area contributed by atoms with Crippen LogP contribution in [0.4, 0.5) is 18.0 Å².